The molecule has 8 heteroatoms. The van der Waals surface area contributed by atoms with Crippen LogP contribution >= 0.6 is 0 Å². The predicted octanol–water partition coefficient (Wildman–Crippen LogP) is 2.67. The number of nitrogens with zero attached hydrogens (tertiary/aromatic N) is 2. The predicted molar refractivity (Wildman–Crippen MR) is 70.4 cm³/mol. The minimum absolute atomic E-state index is 0.0473. The summed E-state index contributed by atoms with van der Waals surface area (Å²) in [4.78, 5) is 21.0. The van der Waals surface area contributed by atoms with Gasteiger partial charge in [-0.25, -0.2) is 0 Å². The molecule has 0 aliphatic heterocycles. The van der Waals surface area contributed by atoms with Crippen LogP contribution in [-0.4, -0.2) is 24.1 Å². The van der Waals surface area contributed by atoms with Crippen LogP contribution in [0.3, 0.4) is 0 Å². The maximum Gasteiger partial charge on any atom is 0.281 e. The number of fused-ring (bicyclic) bond motifs is 1. The molecule has 0 N–H and O–H groups in total. The molecule has 0 fully saturated rings. The largest absolute Gasteiger partial charge is 0.496 e. The number of non-ortho nitro benzene ring substituents is 2. The number of nitro groups is 2. The van der Waals surface area contributed by atoms with Crippen molar-refractivity contribution in [3.63, 3.8) is 0 Å². The van der Waals surface area contributed by atoms with E-state index < -0.39 is 9.85 Å². The van der Waals surface area contributed by atoms with Crippen molar-refractivity contribution in [2.24, 2.45) is 0 Å². The molecule has 0 atom stereocenters. The fraction of sp³-hybridized carbons (Fsp3) is 0.167. The number of rotatable bonds is 4. The molecule has 0 aromatic heterocycles. The normalized spacial score (nSPS) is 10.3. The van der Waals surface area contributed by atoms with Crippen molar-refractivity contribution in [2.45, 2.75) is 0 Å². The first-order valence-corrected chi connectivity index (χ1v) is 5.47. The van der Waals surface area contributed by atoms with Crippen molar-refractivity contribution in [1.82, 2.24) is 0 Å². The summed E-state index contributed by atoms with van der Waals surface area (Å²) in [7, 11) is 2.67. The minimum atomic E-state index is -0.617. The van der Waals surface area contributed by atoms with Crippen LogP contribution in [0.4, 0.5) is 11.4 Å². The first-order chi connectivity index (χ1) is 9.51. The Labute approximate surface area is 112 Å². The van der Waals surface area contributed by atoms with Gasteiger partial charge in [0, 0.05) is 12.1 Å². The third-order valence-corrected chi connectivity index (χ3v) is 2.87. The van der Waals surface area contributed by atoms with E-state index in [1.807, 2.05) is 0 Å². The second kappa shape index (κ2) is 5.00. The molecule has 8 nitrogen and oxygen atoms in total. The molecule has 0 saturated carbocycles. The van der Waals surface area contributed by atoms with E-state index in [2.05, 4.69) is 0 Å². The van der Waals surface area contributed by atoms with E-state index in [-0.39, 0.29) is 33.6 Å². The van der Waals surface area contributed by atoms with Crippen LogP contribution in [0.5, 0.6) is 11.5 Å². The Morgan fingerprint density at radius 3 is 1.40 bits per heavy atom. The second-order valence-corrected chi connectivity index (χ2v) is 3.84. The molecule has 2 aromatic rings. The second-order valence-electron chi connectivity index (χ2n) is 3.84. The Balaban J connectivity index is 3.04. The van der Waals surface area contributed by atoms with E-state index in [4.69, 9.17) is 9.47 Å². The molecule has 2 aromatic carbocycles. The summed E-state index contributed by atoms with van der Waals surface area (Å²) in [5.41, 5.74) is -0.553. The van der Waals surface area contributed by atoms with Crippen LogP contribution in [-0.2, 0) is 0 Å². The lowest BCUT2D eigenvalue weighted by molar-refractivity contribution is -0.384. The Hall–Kier alpha value is -2.90. The number of hydrogen-bond donors (Lipinski definition) is 0. The van der Waals surface area contributed by atoms with Gasteiger partial charge in [0.15, 0.2) is 0 Å². The van der Waals surface area contributed by atoms with Gasteiger partial charge in [-0.3, -0.25) is 20.2 Å². The summed E-state index contributed by atoms with van der Waals surface area (Å²) in [6, 6.07) is 5.11. The van der Waals surface area contributed by atoms with Gasteiger partial charge in [-0.2, -0.15) is 0 Å². The fourth-order valence-corrected chi connectivity index (χ4v) is 2.04. The van der Waals surface area contributed by atoms with Crippen LogP contribution in [0.25, 0.3) is 10.8 Å². The van der Waals surface area contributed by atoms with Crippen LogP contribution in [0, 0.1) is 20.2 Å². The highest BCUT2D eigenvalue weighted by atomic mass is 16.6. The molecule has 0 radical (unpaired) electrons. The fourth-order valence-electron chi connectivity index (χ4n) is 2.04. The molecule has 104 valence electrons. The Bertz CT molecular complexity index is 651. The Kier molecular flexibility index (Phi) is 3.38. The van der Waals surface area contributed by atoms with E-state index in [1.165, 1.54) is 38.5 Å². The zero-order valence-corrected chi connectivity index (χ0v) is 10.7. The molecular formula is C12H10N2O6. The van der Waals surface area contributed by atoms with Gasteiger partial charge in [0.05, 0.1) is 24.1 Å². The lowest BCUT2D eigenvalue weighted by Gasteiger charge is -2.09. The number of hydrogen-bond acceptors (Lipinski definition) is 6. The summed E-state index contributed by atoms with van der Waals surface area (Å²) >= 11 is 0. The highest BCUT2D eigenvalue weighted by molar-refractivity contribution is 6.05. The Morgan fingerprint density at radius 2 is 1.15 bits per heavy atom. The first-order valence-electron chi connectivity index (χ1n) is 5.47. The number of benzene rings is 2. The van der Waals surface area contributed by atoms with E-state index in [9.17, 15) is 20.2 Å². The number of nitro benzene ring substituents is 2. The van der Waals surface area contributed by atoms with Crippen molar-refractivity contribution in [1.29, 1.82) is 0 Å². The third kappa shape index (κ3) is 1.96. The molecule has 0 heterocycles. The molecule has 20 heavy (non-hydrogen) atoms. The van der Waals surface area contributed by atoms with Gasteiger partial charge in [0.25, 0.3) is 11.4 Å². The van der Waals surface area contributed by atoms with Gasteiger partial charge in [0.2, 0.25) is 0 Å². The van der Waals surface area contributed by atoms with Crippen molar-refractivity contribution < 1.29 is 19.3 Å². The summed E-state index contributed by atoms with van der Waals surface area (Å²) in [6.45, 7) is 0. The summed E-state index contributed by atoms with van der Waals surface area (Å²) in [6.07, 6.45) is 0. The van der Waals surface area contributed by atoms with E-state index in [1.54, 1.807) is 0 Å². The van der Waals surface area contributed by atoms with Crippen LogP contribution in [0.1, 0.15) is 0 Å². The maximum absolute atomic E-state index is 11.1. The van der Waals surface area contributed by atoms with E-state index >= 15 is 0 Å². The zero-order valence-electron chi connectivity index (χ0n) is 10.7. The lowest BCUT2D eigenvalue weighted by Crippen LogP contribution is -1.98. The minimum Gasteiger partial charge on any atom is -0.496 e. The number of ether oxygens (including phenoxy) is 2. The quantitative estimate of drug-likeness (QED) is 0.628. The zero-order chi connectivity index (χ0) is 14.9. The first kappa shape index (κ1) is 13.5. The molecular weight excluding hydrogens is 268 g/mol. The Morgan fingerprint density at radius 1 is 0.800 bits per heavy atom. The summed E-state index contributed by atoms with van der Waals surface area (Å²) < 4.78 is 10.1. The van der Waals surface area contributed by atoms with E-state index in [0.717, 1.165) is 0 Å². The molecule has 0 unspecified atom stereocenters. The van der Waals surface area contributed by atoms with Gasteiger partial charge in [-0.15, -0.1) is 0 Å². The van der Waals surface area contributed by atoms with Crippen LogP contribution in [0.15, 0.2) is 24.3 Å². The average Bonchev–Trinajstić information content (AvgIpc) is 2.44. The number of methoxy groups -OCH3 is 2. The smallest absolute Gasteiger partial charge is 0.281 e. The molecule has 0 bridgehead atoms. The van der Waals surface area contributed by atoms with Gasteiger partial charge in [-0.05, 0) is 12.1 Å². The van der Waals surface area contributed by atoms with Crippen molar-refractivity contribution in [3.8, 4) is 11.5 Å². The highest BCUT2D eigenvalue weighted by Gasteiger charge is 2.26. The van der Waals surface area contributed by atoms with Gasteiger partial charge in [-0.1, -0.05) is 0 Å². The van der Waals surface area contributed by atoms with Crippen molar-refractivity contribution in [3.05, 3.63) is 44.5 Å². The van der Waals surface area contributed by atoms with Crippen molar-refractivity contribution >= 4 is 22.1 Å². The summed E-state index contributed by atoms with van der Waals surface area (Å²) in [5.74, 6) is 0.354. The monoisotopic (exact) mass is 278 g/mol. The lowest BCUT2D eigenvalue weighted by atomic mass is 10.0. The van der Waals surface area contributed by atoms with Crippen LogP contribution in [0.2, 0.25) is 0 Å². The topological polar surface area (TPSA) is 105 Å². The molecule has 0 amide bonds. The van der Waals surface area contributed by atoms with Gasteiger partial charge >= 0.3 is 0 Å². The summed E-state index contributed by atoms with van der Waals surface area (Å²) in [5, 5.41) is 22.3. The molecule has 0 aliphatic carbocycles. The molecule has 0 aliphatic rings. The van der Waals surface area contributed by atoms with Gasteiger partial charge < -0.3 is 9.47 Å². The average molecular weight is 278 g/mol. The highest BCUT2D eigenvalue weighted by Crippen LogP contribution is 2.43. The maximum atomic E-state index is 11.1. The van der Waals surface area contributed by atoms with Gasteiger partial charge in [0.1, 0.15) is 22.3 Å². The van der Waals surface area contributed by atoms with E-state index in [0.29, 0.717) is 0 Å². The van der Waals surface area contributed by atoms with Crippen molar-refractivity contribution in [2.75, 3.05) is 14.2 Å². The van der Waals surface area contributed by atoms with Crippen LogP contribution < -0.4 is 9.47 Å². The third-order valence-electron chi connectivity index (χ3n) is 2.87. The molecule has 0 saturated heterocycles. The molecule has 0 spiro atoms. The standard InChI is InChI=1S/C12H10N2O6/c1-19-9-5-3-8(14(17)18)12-10(20-2)6-4-7(11(9)12)13(15)16/h3-6H,1-2H3. The SMILES string of the molecule is COc1ccc([N+](=O)[O-])c2c(OC)ccc([N+](=O)[O-])c12. The molecule has 2 rings (SSSR count).